The van der Waals surface area contributed by atoms with Crippen molar-refractivity contribution in [2.24, 2.45) is 11.8 Å². The summed E-state index contributed by atoms with van der Waals surface area (Å²) in [6.45, 7) is 3.32. The lowest BCUT2D eigenvalue weighted by atomic mass is 10.3. The highest BCUT2D eigenvalue weighted by Gasteiger charge is 2.40. The van der Waals surface area contributed by atoms with Crippen LogP contribution in [0, 0.1) is 11.8 Å². The van der Waals surface area contributed by atoms with Crippen LogP contribution in [0.2, 0.25) is 0 Å². The summed E-state index contributed by atoms with van der Waals surface area (Å²) in [4.78, 5) is 13.6. The molecule has 1 fully saturated rings. The lowest BCUT2D eigenvalue weighted by molar-refractivity contribution is -0.131. The highest BCUT2D eigenvalue weighted by molar-refractivity contribution is 5.81. The Labute approximate surface area is 102 Å². The van der Waals surface area contributed by atoms with Crippen molar-refractivity contribution in [2.75, 3.05) is 20.2 Å². The molecule has 3 nitrogen and oxygen atoms in total. The second-order valence-corrected chi connectivity index (χ2v) is 4.74. The molecule has 0 aromatic heterocycles. The normalized spacial score (nSPS) is 22.0. The summed E-state index contributed by atoms with van der Waals surface area (Å²) in [5.41, 5.74) is 0. The van der Waals surface area contributed by atoms with Crippen molar-refractivity contribution in [3.8, 4) is 5.75 Å². The molecular formula is C14H19NO2. The molecule has 0 N–H and O–H groups in total. The maximum Gasteiger partial charge on any atom is 0.225 e. The van der Waals surface area contributed by atoms with Crippen LogP contribution in [-0.2, 0) is 4.79 Å². The summed E-state index contributed by atoms with van der Waals surface area (Å²) >= 11 is 0. The number of carbonyl (C=O) groups is 1. The molecule has 1 aromatic carbocycles. The number of hydrogen-bond acceptors (Lipinski definition) is 2. The van der Waals surface area contributed by atoms with Crippen LogP contribution in [0.1, 0.15) is 13.3 Å². The number of nitrogens with zero attached hydrogens (tertiary/aromatic N) is 1. The number of amides is 1. The van der Waals surface area contributed by atoms with Crippen molar-refractivity contribution in [3.05, 3.63) is 30.3 Å². The Hall–Kier alpha value is -1.51. The van der Waals surface area contributed by atoms with Crippen LogP contribution in [0.4, 0.5) is 0 Å². The van der Waals surface area contributed by atoms with Crippen molar-refractivity contribution >= 4 is 5.91 Å². The fourth-order valence-electron chi connectivity index (χ4n) is 1.88. The molecule has 1 aliphatic rings. The van der Waals surface area contributed by atoms with E-state index in [1.165, 1.54) is 0 Å². The molecule has 0 radical (unpaired) electrons. The second kappa shape index (κ2) is 5.21. The lowest BCUT2D eigenvalue weighted by Crippen LogP contribution is -2.32. The van der Waals surface area contributed by atoms with Crippen molar-refractivity contribution in [1.82, 2.24) is 4.90 Å². The molecule has 17 heavy (non-hydrogen) atoms. The molecule has 2 rings (SSSR count). The lowest BCUT2D eigenvalue weighted by Gasteiger charge is -2.17. The van der Waals surface area contributed by atoms with Gasteiger partial charge in [-0.2, -0.15) is 0 Å². The van der Waals surface area contributed by atoms with E-state index in [9.17, 15) is 4.79 Å². The zero-order chi connectivity index (χ0) is 12.3. The fourth-order valence-corrected chi connectivity index (χ4v) is 1.88. The Bertz CT molecular complexity index is 377. The number of carbonyl (C=O) groups excluding carboxylic acids is 1. The molecule has 1 saturated carbocycles. The first-order valence-corrected chi connectivity index (χ1v) is 6.11. The Morgan fingerprint density at radius 2 is 2.06 bits per heavy atom. The topological polar surface area (TPSA) is 29.5 Å². The van der Waals surface area contributed by atoms with Gasteiger partial charge in [-0.1, -0.05) is 25.1 Å². The van der Waals surface area contributed by atoms with Gasteiger partial charge in [-0.3, -0.25) is 4.79 Å². The van der Waals surface area contributed by atoms with Crippen LogP contribution >= 0.6 is 0 Å². The predicted octanol–water partition coefficient (Wildman–Crippen LogP) is 2.18. The van der Waals surface area contributed by atoms with E-state index >= 15 is 0 Å². The Morgan fingerprint density at radius 1 is 1.41 bits per heavy atom. The Morgan fingerprint density at radius 3 is 2.65 bits per heavy atom. The van der Waals surface area contributed by atoms with Gasteiger partial charge in [0.25, 0.3) is 0 Å². The van der Waals surface area contributed by atoms with Gasteiger partial charge in [0.05, 0.1) is 6.54 Å². The molecule has 1 amide bonds. The molecule has 0 heterocycles. The third-order valence-electron chi connectivity index (χ3n) is 3.24. The first-order valence-electron chi connectivity index (χ1n) is 6.11. The van der Waals surface area contributed by atoms with E-state index in [1.807, 2.05) is 37.4 Å². The van der Waals surface area contributed by atoms with Crippen molar-refractivity contribution in [3.63, 3.8) is 0 Å². The van der Waals surface area contributed by atoms with Gasteiger partial charge in [-0.25, -0.2) is 0 Å². The molecular weight excluding hydrogens is 214 g/mol. The number of likely N-dealkylation sites (N-methyl/N-ethyl adjacent to an activating group) is 1. The van der Waals surface area contributed by atoms with E-state index < -0.39 is 0 Å². The van der Waals surface area contributed by atoms with Gasteiger partial charge >= 0.3 is 0 Å². The summed E-state index contributed by atoms with van der Waals surface area (Å²) < 4.78 is 5.56. The van der Waals surface area contributed by atoms with Crippen LogP contribution in [0.25, 0.3) is 0 Å². The summed E-state index contributed by atoms with van der Waals surface area (Å²) in [5, 5.41) is 0. The van der Waals surface area contributed by atoms with E-state index in [4.69, 9.17) is 4.74 Å². The summed E-state index contributed by atoms with van der Waals surface area (Å²) in [7, 11) is 1.85. The molecule has 0 unspecified atom stereocenters. The molecule has 0 aliphatic heterocycles. The fraction of sp³-hybridized carbons (Fsp3) is 0.500. The Balaban J connectivity index is 1.70. The zero-order valence-electron chi connectivity index (χ0n) is 10.4. The van der Waals surface area contributed by atoms with Crippen molar-refractivity contribution < 1.29 is 9.53 Å². The number of benzene rings is 1. The number of rotatable bonds is 5. The minimum Gasteiger partial charge on any atom is -0.492 e. The minimum absolute atomic E-state index is 0.258. The molecule has 0 bridgehead atoms. The van der Waals surface area contributed by atoms with Crippen LogP contribution in [0.3, 0.4) is 0 Å². The maximum absolute atomic E-state index is 11.8. The maximum atomic E-state index is 11.8. The van der Waals surface area contributed by atoms with Crippen LogP contribution in [0.5, 0.6) is 5.75 Å². The van der Waals surface area contributed by atoms with Crippen molar-refractivity contribution in [2.45, 2.75) is 13.3 Å². The Kier molecular flexibility index (Phi) is 3.67. The van der Waals surface area contributed by atoms with Crippen LogP contribution < -0.4 is 4.74 Å². The second-order valence-electron chi connectivity index (χ2n) is 4.74. The monoisotopic (exact) mass is 233 g/mol. The SMILES string of the molecule is C[C@@H]1C[C@@H]1C(=O)N(C)CCOc1ccccc1. The average molecular weight is 233 g/mol. The van der Waals surface area contributed by atoms with Gasteiger partial charge in [-0.05, 0) is 24.5 Å². The van der Waals surface area contributed by atoms with Gasteiger partial charge in [0.1, 0.15) is 12.4 Å². The largest absolute Gasteiger partial charge is 0.492 e. The summed E-state index contributed by atoms with van der Waals surface area (Å²) in [6, 6.07) is 9.68. The van der Waals surface area contributed by atoms with Crippen molar-refractivity contribution in [1.29, 1.82) is 0 Å². The van der Waals surface area contributed by atoms with E-state index in [-0.39, 0.29) is 11.8 Å². The van der Waals surface area contributed by atoms with Gasteiger partial charge in [0, 0.05) is 13.0 Å². The van der Waals surface area contributed by atoms with Crippen LogP contribution in [-0.4, -0.2) is 31.0 Å². The number of para-hydroxylation sites is 1. The molecule has 0 spiro atoms. The van der Waals surface area contributed by atoms with Gasteiger partial charge < -0.3 is 9.64 Å². The molecule has 3 heteroatoms. The van der Waals surface area contributed by atoms with Gasteiger partial charge in [-0.15, -0.1) is 0 Å². The molecule has 1 aliphatic carbocycles. The standard InChI is InChI=1S/C14H19NO2/c1-11-10-13(11)14(16)15(2)8-9-17-12-6-4-3-5-7-12/h3-7,11,13H,8-10H2,1-2H3/t11-,13+/m1/s1. The van der Waals surface area contributed by atoms with E-state index in [2.05, 4.69) is 6.92 Å². The molecule has 92 valence electrons. The van der Waals surface area contributed by atoms with E-state index in [0.717, 1.165) is 12.2 Å². The first kappa shape index (κ1) is 12.0. The third-order valence-corrected chi connectivity index (χ3v) is 3.24. The van der Waals surface area contributed by atoms with Gasteiger partial charge in [0.2, 0.25) is 5.91 Å². The summed E-state index contributed by atoms with van der Waals surface area (Å²) in [6.07, 6.45) is 1.04. The van der Waals surface area contributed by atoms with Gasteiger partial charge in [0.15, 0.2) is 0 Å². The zero-order valence-corrected chi connectivity index (χ0v) is 10.4. The predicted molar refractivity (Wildman–Crippen MR) is 66.8 cm³/mol. The molecule has 2 atom stereocenters. The average Bonchev–Trinajstić information content (AvgIpc) is 3.06. The van der Waals surface area contributed by atoms with E-state index in [0.29, 0.717) is 19.1 Å². The smallest absolute Gasteiger partial charge is 0.225 e. The van der Waals surface area contributed by atoms with Crippen LogP contribution in [0.15, 0.2) is 30.3 Å². The molecule has 0 saturated heterocycles. The number of ether oxygens (including phenoxy) is 1. The van der Waals surface area contributed by atoms with E-state index in [1.54, 1.807) is 4.90 Å². The number of hydrogen-bond donors (Lipinski definition) is 0. The first-order chi connectivity index (χ1) is 8.18. The molecule has 1 aromatic rings. The highest BCUT2D eigenvalue weighted by atomic mass is 16.5. The highest BCUT2D eigenvalue weighted by Crippen LogP contribution is 2.38. The third kappa shape index (κ3) is 3.22. The summed E-state index contributed by atoms with van der Waals surface area (Å²) in [5.74, 6) is 1.94. The quantitative estimate of drug-likeness (QED) is 0.780. The minimum atomic E-state index is 0.258.